The molecule has 0 aliphatic heterocycles. The Kier molecular flexibility index (Phi) is 1.94. The second kappa shape index (κ2) is 3.10. The summed E-state index contributed by atoms with van der Waals surface area (Å²) in [4.78, 5) is 8.30. The first-order valence-electron chi connectivity index (χ1n) is 4.12. The predicted molar refractivity (Wildman–Crippen MR) is 48.3 cm³/mol. The van der Waals surface area contributed by atoms with Crippen LogP contribution in [-0.2, 0) is 6.54 Å². The number of aromatic nitrogens is 4. The van der Waals surface area contributed by atoms with Gasteiger partial charge < -0.3 is 5.32 Å². The lowest BCUT2D eigenvalue weighted by molar-refractivity contribution is 0.792. The van der Waals surface area contributed by atoms with E-state index in [9.17, 15) is 0 Å². The minimum atomic E-state index is 0.650. The second-order valence-corrected chi connectivity index (χ2v) is 2.90. The summed E-state index contributed by atoms with van der Waals surface area (Å²) in [7, 11) is 1.90. The van der Waals surface area contributed by atoms with Crippen molar-refractivity contribution in [3.05, 3.63) is 23.8 Å². The van der Waals surface area contributed by atoms with E-state index in [0.717, 1.165) is 17.9 Å². The van der Waals surface area contributed by atoms with E-state index in [1.54, 1.807) is 10.7 Å². The molecule has 0 unspecified atom stereocenters. The fourth-order valence-corrected chi connectivity index (χ4v) is 1.22. The van der Waals surface area contributed by atoms with Crippen LogP contribution in [0.15, 0.2) is 12.4 Å². The van der Waals surface area contributed by atoms with E-state index in [4.69, 9.17) is 0 Å². The molecule has 0 aromatic carbocycles. The van der Waals surface area contributed by atoms with E-state index < -0.39 is 0 Å². The Labute approximate surface area is 75.8 Å². The monoisotopic (exact) mass is 177 g/mol. The van der Waals surface area contributed by atoms with Crippen LogP contribution in [0.3, 0.4) is 0 Å². The van der Waals surface area contributed by atoms with Crippen LogP contribution in [0.5, 0.6) is 0 Å². The molecule has 5 nitrogen and oxygen atoms in total. The Morgan fingerprint density at radius 1 is 1.54 bits per heavy atom. The van der Waals surface area contributed by atoms with Gasteiger partial charge in [-0.25, -0.2) is 9.50 Å². The fraction of sp³-hybridized carbons (Fsp3) is 0.375. The van der Waals surface area contributed by atoms with Crippen LogP contribution >= 0.6 is 0 Å². The van der Waals surface area contributed by atoms with Crippen LogP contribution in [0.2, 0.25) is 0 Å². The molecule has 0 amide bonds. The lowest BCUT2D eigenvalue weighted by Crippen LogP contribution is -2.06. The summed E-state index contributed by atoms with van der Waals surface area (Å²) in [5.41, 5.74) is 1.10. The third kappa shape index (κ3) is 1.50. The first-order chi connectivity index (χ1) is 6.29. The lowest BCUT2D eigenvalue weighted by Gasteiger charge is -1.98. The van der Waals surface area contributed by atoms with Crippen molar-refractivity contribution >= 4 is 5.78 Å². The SMILES string of the molecule is CNCc1cnc2nc(C)nn2c1. The average Bonchev–Trinajstić information content (AvgIpc) is 2.44. The Morgan fingerprint density at radius 2 is 2.38 bits per heavy atom. The van der Waals surface area contributed by atoms with Crippen LogP contribution in [0.4, 0.5) is 0 Å². The molecule has 0 aliphatic carbocycles. The van der Waals surface area contributed by atoms with Crippen LogP contribution < -0.4 is 5.32 Å². The smallest absolute Gasteiger partial charge is 0.252 e. The standard InChI is InChI=1S/C8H11N5/c1-6-11-8-10-4-7(3-9-2)5-13(8)12-6/h4-5,9H,3H2,1-2H3. The molecule has 2 aromatic heterocycles. The molecule has 2 heterocycles. The fourth-order valence-electron chi connectivity index (χ4n) is 1.22. The maximum atomic E-state index is 4.17. The van der Waals surface area contributed by atoms with Crippen molar-refractivity contribution in [1.82, 2.24) is 24.9 Å². The molecule has 0 saturated carbocycles. The van der Waals surface area contributed by atoms with Gasteiger partial charge >= 0.3 is 0 Å². The normalized spacial score (nSPS) is 10.9. The third-order valence-electron chi connectivity index (χ3n) is 1.73. The second-order valence-electron chi connectivity index (χ2n) is 2.90. The van der Waals surface area contributed by atoms with Gasteiger partial charge in [0, 0.05) is 24.5 Å². The van der Waals surface area contributed by atoms with Crippen molar-refractivity contribution in [2.45, 2.75) is 13.5 Å². The van der Waals surface area contributed by atoms with E-state index in [1.165, 1.54) is 0 Å². The zero-order chi connectivity index (χ0) is 9.26. The highest BCUT2D eigenvalue weighted by atomic mass is 15.3. The van der Waals surface area contributed by atoms with Crippen LogP contribution in [0.1, 0.15) is 11.4 Å². The molecule has 0 bridgehead atoms. The van der Waals surface area contributed by atoms with Gasteiger partial charge in [0.2, 0.25) is 0 Å². The number of hydrogen-bond acceptors (Lipinski definition) is 4. The van der Waals surface area contributed by atoms with Gasteiger partial charge in [-0.05, 0) is 14.0 Å². The molecular weight excluding hydrogens is 166 g/mol. The van der Waals surface area contributed by atoms with E-state index in [-0.39, 0.29) is 0 Å². The van der Waals surface area contributed by atoms with E-state index in [0.29, 0.717) is 5.78 Å². The van der Waals surface area contributed by atoms with Gasteiger partial charge in [-0.1, -0.05) is 0 Å². The van der Waals surface area contributed by atoms with Gasteiger partial charge in [0.25, 0.3) is 5.78 Å². The number of nitrogens with zero attached hydrogens (tertiary/aromatic N) is 4. The number of hydrogen-bond donors (Lipinski definition) is 1. The Bertz CT molecular complexity index is 419. The minimum absolute atomic E-state index is 0.650. The van der Waals surface area contributed by atoms with Crippen LogP contribution in [0.25, 0.3) is 5.78 Å². The number of fused-ring (bicyclic) bond motifs is 1. The van der Waals surface area contributed by atoms with E-state index in [2.05, 4.69) is 20.4 Å². The van der Waals surface area contributed by atoms with Gasteiger partial charge in [0.05, 0.1) is 0 Å². The molecule has 1 N–H and O–H groups in total. The average molecular weight is 177 g/mol. The highest BCUT2D eigenvalue weighted by Crippen LogP contribution is 2.00. The summed E-state index contributed by atoms with van der Waals surface area (Å²) in [6, 6.07) is 0. The largest absolute Gasteiger partial charge is 0.316 e. The molecule has 68 valence electrons. The van der Waals surface area contributed by atoms with E-state index in [1.807, 2.05) is 20.2 Å². The topological polar surface area (TPSA) is 55.1 Å². The summed E-state index contributed by atoms with van der Waals surface area (Å²) in [6.45, 7) is 2.65. The lowest BCUT2D eigenvalue weighted by atomic mass is 10.3. The Balaban J connectivity index is 2.48. The first-order valence-corrected chi connectivity index (χ1v) is 4.12. The Hall–Kier alpha value is -1.49. The highest BCUT2D eigenvalue weighted by Gasteiger charge is 2.00. The maximum Gasteiger partial charge on any atom is 0.252 e. The van der Waals surface area contributed by atoms with Crippen molar-refractivity contribution in [1.29, 1.82) is 0 Å². The van der Waals surface area contributed by atoms with Crippen LogP contribution in [0, 0.1) is 6.92 Å². The minimum Gasteiger partial charge on any atom is -0.316 e. The third-order valence-corrected chi connectivity index (χ3v) is 1.73. The molecule has 2 rings (SSSR count). The zero-order valence-corrected chi connectivity index (χ0v) is 7.65. The van der Waals surface area contributed by atoms with Gasteiger partial charge in [-0.3, -0.25) is 0 Å². The number of aryl methyl sites for hydroxylation is 1. The summed E-state index contributed by atoms with van der Waals surface area (Å²) in [5.74, 6) is 1.39. The molecule has 2 aromatic rings. The van der Waals surface area contributed by atoms with Crippen molar-refractivity contribution in [2.75, 3.05) is 7.05 Å². The number of nitrogens with one attached hydrogen (secondary N) is 1. The Morgan fingerprint density at radius 3 is 3.15 bits per heavy atom. The highest BCUT2D eigenvalue weighted by molar-refractivity contribution is 5.27. The summed E-state index contributed by atoms with van der Waals surface area (Å²) in [5, 5.41) is 7.23. The molecule has 0 saturated heterocycles. The van der Waals surface area contributed by atoms with Gasteiger partial charge in [-0.2, -0.15) is 10.1 Å². The molecule has 0 atom stereocenters. The van der Waals surface area contributed by atoms with Crippen LogP contribution in [-0.4, -0.2) is 26.6 Å². The van der Waals surface area contributed by atoms with Crippen molar-refractivity contribution in [3.8, 4) is 0 Å². The van der Waals surface area contributed by atoms with Crippen molar-refractivity contribution in [2.24, 2.45) is 0 Å². The summed E-state index contributed by atoms with van der Waals surface area (Å²) < 4.78 is 1.70. The molecular formula is C8H11N5. The molecule has 5 heteroatoms. The molecule has 0 radical (unpaired) electrons. The molecule has 0 fully saturated rings. The predicted octanol–water partition coefficient (Wildman–Crippen LogP) is 0.152. The van der Waals surface area contributed by atoms with E-state index >= 15 is 0 Å². The van der Waals surface area contributed by atoms with Gasteiger partial charge in [0.15, 0.2) is 0 Å². The van der Waals surface area contributed by atoms with Gasteiger partial charge in [-0.15, -0.1) is 0 Å². The maximum absolute atomic E-state index is 4.17. The first kappa shape index (κ1) is 8.12. The van der Waals surface area contributed by atoms with Crippen molar-refractivity contribution < 1.29 is 0 Å². The molecule has 13 heavy (non-hydrogen) atoms. The number of rotatable bonds is 2. The molecule has 0 spiro atoms. The van der Waals surface area contributed by atoms with Crippen molar-refractivity contribution in [3.63, 3.8) is 0 Å². The summed E-state index contributed by atoms with van der Waals surface area (Å²) >= 11 is 0. The quantitative estimate of drug-likeness (QED) is 0.709. The summed E-state index contributed by atoms with van der Waals surface area (Å²) in [6.07, 6.45) is 3.73. The zero-order valence-electron chi connectivity index (χ0n) is 7.65. The van der Waals surface area contributed by atoms with Gasteiger partial charge in [0.1, 0.15) is 5.82 Å². The molecule has 0 aliphatic rings.